The normalized spacial score (nSPS) is 22.3. The second-order valence-corrected chi connectivity index (χ2v) is 5.01. The Bertz CT molecular complexity index is 334. The predicted molar refractivity (Wildman–Crippen MR) is 74.6 cm³/mol. The number of aliphatic carboxylic acids is 1. The van der Waals surface area contributed by atoms with Crippen LogP contribution in [0.3, 0.4) is 0 Å². The first-order valence-corrected chi connectivity index (χ1v) is 7.17. The maximum atomic E-state index is 11.9. The Morgan fingerprint density at radius 3 is 2.55 bits per heavy atom. The lowest BCUT2D eigenvalue weighted by Gasteiger charge is -2.22. The molecule has 1 aliphatic heterocycles. The molecule has 2 atom stereocenters. The molecule has 20 heavy (non-hydrogen) atoms. The van der Waals surface area contributed by atoms with Crippen LogP contribution in [0.15, 0.2) is 0 Å². The molecule has 0 spiro atoms. The zero-order valence-electron chi connectivity index (χ0n) is 12.2. The van der Waals surface area contributed by atoms with Gasteiger partial charge in [-0.15, -0.1) is 0 Å². The summed E-state index contributed by atoms with van der Waals surface area (Å²) in [7, 11) is 0. The minimum absolute atomic E-state index is 0.0822. The van der Waals surface area contributed by atoms with Crippen LogP contribution in [0.25, 0.3) is 0 Å². The lowest BCUT2D eigenvalue weighted by molar-refractivity contribution is -0.141. The van der Waals surface area contributed by atoms with E-state index in [2.05, 4.69) is 24.1 Å². The average Bonchev–Trinajstić information content (AvgIpc) is 2.81. The minimum atomic E-state index is -1.07. The van der Waals surface area contributed by atoms with E-state index in [1.807, 2.05) is 0 Å². The third-order valence-corrected chi connectivity index (χ3v) is 3.65. The molecule has 3 N–H and O–H groups in total. The first kappa shape index (κ1) is 16.7. The van der Waals surface area contributed by atoms with Crippen molar-refractivity contribution in [3.05, 3.63) is 0 Å². The van der Waals surface area contributed by atoms with Crippen molar-refractivity contribution in [2.75, 3.05) is 32.7 Å². The number of aliphatic hydroxyl groups is 1. The highest BCUT2D eigenvalue weighted by molar-refractivity contribution is 5.83. The molecule has 0 saturated carbocycles. The summed E-state index contributed by atoms with van der Waals surface area (Å²) in [5.74, 6) is -1.07. The largest absolute Gasteiger partial charge is 0.480 e. The van der Waals surface area contributed by atoms with E-state index in [1.54, 1.807) is 0 Å². The Morgan fingerprint density at radius 2 is 2.00 bits per heavy atom. The van der Waals surface area contributed by atoms with Gasteiger partial charge in [-0.25, -0.2) is 9.59 Å². The highest BCUT2D eigenvalue weighted by Crippen LogP contribution is 2.17. The lowest BCUT2D eigenvalue weighted by Crippen LogP contribution is -2.46. The number of hydrogen-bond donors (Lipinski definition) is 3. The zero-order chi connectivity index (χ0) is 15.1. The monoisotopic (exact) mass is 287 g/mol. The van der Waals surface area contributed by atoms with E-state index < -0.39 is 24.1 Å². The van der Waals surface area contributed by atoms with Gasteiger partial charge in [0.2, 0.25) is 0 Å². The number of carboxylic acids is 1. The SMILES string of the molecule is CCN(CC)CCCNC(=O)N1CC(O)C[C@H]1C(=O)O. The van der Waals surface area contributed by atoms with Gasteiger partial charge in [0.05, 0.1) is 6.10 Å². The van der Waals surface area contributed by atoms with Gasteiger partial charge >= 0.3 is 12.0 Å². The van der Waals surface area contributed by atoms with Crippen molar-refractivity contribution < 1.29 is 19.8 Å². The van der Waals surface area contributed by atoms with Crippen molar-refractivity contribution in [1.82, 2.24) is 15.1 Å². The number of carbonyl (C=O) groups excluding carboxylic acids is 1. The topological polar surface area (TPSA) is 93.1 Å². The van der Waals surface area contributed by atoms with Gasteiger partial charge in [-0.2, -0.15) is 0 Å². The summed E-state index contributed by atoms with van der Waals surface area (Å²) in [5, 5.41) is 21.2. The Labute approximate surface area is 119 Å². The second kappa shape index (κ2) is 8.06. The molecule has 2 amide bonds. The van der Waals surface area contributed by atoms with Gasteiger partial charge in [-0.3, -0.25) is 0 Å². The van der Waals surface area contributed by atoms with Crippen molar-refractivity contribution >= 4 is 12.0 Å². The quantitative estimate of drug-likeness (QED) is 0.571. The number of hydrogen-bond acceptors (Lipinski definition) is 4. The molecule has 0 aromatic heterocycles. The number of β-amino-alcohol motifs (C(OH)–C–C–N with tert-alkyl or cyclic N) is 1. The lowest BCUT2D eigenvalue weighted by atomic mass is 10.2. The van der Waals surface area contributed by atoms with Crippen molar-refractivity contribution in [3.63, 3.8) is 0 Å². The van der Waals surface area contributed by atoms with Crippen LogP contribution in [0.1, 0.15) is 26.7 Å². The van der Waals surface area contributed by atoms with Crippen molar-refractivity contribution in [2.24, 2.45) is 0 Å². The molecule has 0 aromatic rings. The molecule has 1 heterocycles. The average molecular weight is 287 g/mol. The van der Waals surface area contributed by atoms with Gasteiger partial charge < -0.3 is 25.3 Å². The number of urea groups is 1. The van der Waals surface area contributed by atoms with E-state index in [9.17, 15) is 14.7 Å². The fourth-order valence-corrected chi connectivity index (χ4v) is 2.41. The second-order valence-electron chi connectivity index (χ2n) is 5.01. The number of carbonyl (C=O) groups is 2. The van der Waals surface area contributed by atoms with Gasteiger partial charge in [0.15, 0.2) is 0 Å². The molecule has 1 fully saturated rings. The van der Waals surface area contributed by atoms with Gasteiger partial charge in [0.1, 0.15) is 6.04 Å². The van der Waals surface area contributed by atoms with Crippen LogP contribution < -0.4 is 5.32 Å². The number of likely N-dealkylation sites (tertiary alicyclic amines) is 1. The first-order valence-electron chi connectivity index (χ1n) is 7.17. The Balaban J connectivity index is 2.33. The summed E-state index contributed by atoms with van der Waals surface area (Å²) in [6, 6.07) is -1.33. The minimum Gasteiger partial charge on any atom is -0.480 e. The molecular weight excluding hydrogens is 262 g/mol. The number of carboxylic acid groups (broad SMARTS) is 1. The molecule has 0 aromatic carbocycles. The van der Waals surface area contributed by atoms with Crippen molar-refractivity contribution in [2.45, 2.75) is 38.8 Å². The molecule has 0 radical (unpaired) electrons. The van der Waals surface area contributed by atoms with Crippen molar-refractivity contribution in [1.29, 1.82) is 0 Å². The highest BCUT2D eigenvalue weighted by Gasteiger charge is 2.38. The van der Waals surface area contributed by atoms with Crippen LogP contribution in [0, 0.1) is 0 Å². The summed E-state index contributed by atoms with van der Waals surface area (Å²) in [6.07, 6.45) is 0.168. The predicted octanol–water partition coefficient (Wildman–Crippen LogP) is -0.0523. The smallest absolute Gasteiger partial charge is 0.326 e. The molecule has 1 unspecified atom stereocenters. The molecule has 1 aliphatic rings. The van der Waals surface area contributed by atoms with E-state index in [4.69, 9.17) is 5.11 Å². The van der Waals surface area contributed by atoms with Crippen LogP contribution in [-0.4, -0.2) is 76.9 Å². The fraction of sp³-hybridized carbons (Fsp3) is 0.846. The van der Waals surface area contributed by atoms with E-state index in [1.165, 1.54) is 4.90 Å². The van der Waals surface area contributed by atoms with Gasteiger partial charge in [0.25, 0.3) is 0 Å². The molecule has 1 saturated heterocycles. The number of nitrogens with zero attached hydrogens (tertiary/aromatic N) is 2. The van der Waals surface area contributed by atoms with E-state index >= 15 is 0 Å². The molecule has 1 rings (SSSR count). The highest BCUT2D eigenvalue weighted by atomic mass is 16.4. The number of amides is 2. The maximum absolute atomic E-state index is 11.9. The van der Waals surface area contributed by atoms with Crippen LogP contribution in [0.4, 0.5) is 4.79 Å². The molecule has 0 bridgehead atoms. The molecule has 7 nitrogen and oxygen atoms in total. The van der Waals surface area contributed by atoms with Gasteiger partial charge in [0, 0.05) is 19.5 Å². The van der Waals surface area contributed by atoms with Crippen LogP contribution in [-0.2, 0) is 4.79 Å². The van der Waals surface area contributed by atoms with Crippen LogP contribution in [0.2, 0.25) is 0 Å². The van der Waals surface area contributed by atoms with Crippen LogP contribution >= 0.6 is 0 Å². The number of aliphatic hydroxyl groups excluding tert-OH is 1. The zero-order valence-corrected chi connectivity index (χ0v) is 12.2. The Morgan fingerprint density at radius 1 is 1.35 bits per heavy atom. The third-order valence-electron chi connectivity index (χ3n) is 3.65. The first-order chi connectivity index (χ1) is 9.49. The molecular formula is C13H25N3O4. The maximum Gasteiger partial charge on any atom is 0.326 e. The standard InChI is InChI=1S/C13H25N3O4/c1-3-15(4-2)7-5-6-14-13(20)16-9-10(17)8-11(16)12(18)19/h10-11,17H,3-9H2,1-2H3,(H,14,20)(H,18,19)/t10?,11-/m0/s1. The van der Waals surface area contributed by atoms with Gasteiger partial charge in [-0.05, 0) is 26.1 Å². The van der Waals surface area contributed by atoms with E-state index in [-0.39, 0.29) is 13.0 Å². The molecule has 0 aliphatic carbocycles. The van der Waals surface area contributed by atoms with E-state index in [0.717, 1.165) is 26.1 Å². The Hall–Kier alpha value is -1.34. The summed E-state index contributed by atoms with van der Waals surface area (Å²) in [6.45, 7) is 7.62. The van der Waals surface area contributed by atoms with E-state index in [0.29, 0.717) is 6.54 Å². The fourth-order valence-electron chi connectivity index (χ4n) is 2.41. The summed E-state index contributed by atoms with van der Waals surface area (Å²) in [5.41, 5.74) is 0. The summed E-state index contributed by atoms with van der Waals surface area (Å²) in [4.78, 5) is 26.4. The van der Waals surface area contributed by atoms with Crippen LogP contribution in [0.5, 0.6) is 0 Å². The van der Waals surface area contributed by atoms with Gasteiger partial charge in [-0.1, -0.05) is 13.8 Å². The van der Waals surface area contributed by atoms with Crippen molar-refractivity contribution in [3.8, 4) is 0 Å². The summed E-state index contributed by atoms with van der Waals surface area (Å²) >= 11 is 0. The Kier molecular flexibility index (Phi) is 6.74. The number of nitrogens with one attached hydrogen (secondary N) is 1. The number of rotatable bonds is 7. The molecule has 116 valence electrons. The third kappa shape index (κ3) is 4.64. The summed E-state index contributed by atoms with van der Waals surface area (Å²) < 4.78 is 0. The molecule has 7 heteroatoms.